The summed E-state index contributed by atoms with van der Waals surface area (Å²) in [5, 5.41) is 3.53. The molecular formula is C31H17ClF7N7S2. The second-order valence-corrected chi connectivity index (χ2v) is 12.3. The maximum absolute atomic E-state index is 13.2. The molecule has 0 spiro atoms. The monoisotopic (exact) mass is 719 g/mol. The summed E-state index contributed by atoms with van der Waals surface area (Å²) in [6, 6.07) is 14.7. The fourth-order valence-corrected chi connectivity index (χ4v) is 6.34. The molecule has 1 N–H and O–H groups in total. The predicted octanol–water partition coefficient (Wildman–Crippen LogP) is 9.95. The van der Waals surface area contributed by atoms with Gasteiger partial charge in [-0.3, -0.25) is 9.97 Å². The quantitative estimate of drug-likeness (QED) is 0.140. The first kappa shape index (κ1) is 33.1. The zero-order chi connectivity index (χ0) is 34.1. The van der Waals surface area contributed by atoms with Crippen molar-refractivity contribution < 1.29 is 30.7 Å². The molecule has 0 amide bonds. The molecule has 0 aliphatic heterocycles. The maximum atomic E-state index is 13.2. The summed E-state index contributed by atoms with van der Waals surface area (Å²) in [6.45, 7) is 0.274. The number of nitrogens with one attached hydrogen (secondary N) is 1. The van der Waals surface area contributed by atoms with Gasteiger partial charge in [-0.25, -0.2) is 24.3 Å². The number of benzene rings is 1. The van der Waals surface area contributed by atoms with Crippen LogP contribution in [0.1, 0.15) is 15.3 Å². The van der Waals surface area contributed by atoms with Crippen LogP contribution in [0.15, 0.2) is 85.5 Å². The lowest BCUT2D eigenvalue weighted by molar-refractivity contribution is -0.135. The summed E-state index contributed by atoms with van der Waals surface area (Å²) in [4.78, 5) is 23.7. The third-order valence-corrected chi connectivity index (χ3v) is 8.95. The van der Waals surface area contributed by atoms with Crippen LogP contribution in [-0.2, 0) is 18.9 Å². The van der Waals surface area contributed by atoms with E-state index in [9.17, 15) is 30.7 Å². The minimum Gasteiger partial charge on any atom is -0.365 e. The Hall–Kier alpha value is -4.80. The lowest BCUT2D eigenvalue weighted by atomic mass is 10.2. The van der Waals surface area contributed by atoms with Gasteiger partial charge < -0.3 is 5.32 Å². The van der Waals surface area contributed by atoms with Crippen molar-refractivity contribution in [3.63, 3.8) is 0 Å². The minimum absolute atomic E-state index is 0.000558. The Morgan fingerprint density at radius 1 is 0.667 bits per heavy atom. The van der Waals surface area contributed by atoms with Gasteiger partial charge in [0.25, 0.3) is 0 Å². The van der Waals surface area contributed by atoms with Crippen LogP contribution < -0.4 is 5.32 Å². The van der Waals surface area contributed by atoms with Crippen molar-refractivity contribution in [1.29, 1.82) is 0 Å². The van der Waals surface area contributed by atoms with Gasteiger partial charge in [-0.05, 0) is 54.1 Å². The highest BCUT2D eigenvalue weighted by Crippen LogP contribution is 2.41. The van der Waals surface area contributed by atoms with E-state index in [2.05, 4.69) is 35.2 Å². The molecule has 0 saturated carbocycles. The molecular weight excluding hydrogens is 703 g/mol. The van der Waals surface area contributed by atoms with E-state index in [-0.39, 0.29) is 55.4 Å². The number of alkyl halides is 6. The molecule has 0 aliphatic rings. The van der Waals surface area contributed by atoms with E-state index >= 15 is 0 Å². The molecule has 6 aromatic heterocycles. The molecule has 0 aliphatic carbocycles. The van der Waals surface area contributed by atoms with Gasteiger partial charge in [-0.1, -0.05) is 23.7 Å². The zero-order valence-electron chi connectivity index (χ0n) is 23.8. The fourth-order valence-electron chi connectivity index (χ4n) is 4.26. The summed E-state index contributed by atoms with van der Waals surface area (Å²) in [6.07, 6.45) is -2.64. The average molecular weight is 720 g/mol. The van der Waals surface area contributed by atoms with E-state index in [1.807, 2.05) is 0 Å². The molecule has 0 radical (unpaired) electrons. The molecule has 7 aromatic rings. The van der Waals surface area contributed by atoms with Crippen LogP contribution in [0, 0.1) is 5.82 Å². The van der Waals surface area contributed by atoms with E-state index < -0.39 is 22.1 Å². The summed E-state index contributed by atoms with van der Waals surface area (Å²) in [7, 11) is 0. The number of hydrogen-bond acceptors (Lipinski definition) is 9. The van der Waals surface area contributed by atoms with Crippen LogP contribution in [0.5, 0.6) is 0 Å². The molecule has 0 saturated heterocycles. The van der Waals surface area contributed by atoms with Gasteiger partial charge in [0, 0.05) is 47.8 Å². The lowest BCUT2D eigenvalue weighted by Crippen LogP contribution is -2.04. The van der Waals surface area contributed by atoms with E-state index in [1.54, 1.807) is 55.0 Å². The van der Waals surface area contributed by atoms with Crippen molar-refractivity contribution in [3.05, 3.63) is 112 Å². The van der Waals surface area contributed by atoms with Crippen molar-refractivity contribution in [2.24, 2.45) is 0 Å². The smallest absolute Gasteiger partial charge is 0.365 e. The first-order valence-corrected chi connectivity index (χ1v) is 15.6. The van der Waals surface area contributed by atoms with Gasteiger partial charge >= 0.3 is 12.4 Å². The van der Waals surface area contributed by atoms with E-state index in [4.69, 9.17) is 11.6 Å². The fraction of sp³-hybridized carbons (Fsp3) is 0.0968. The first-order valence-electron chi connectivity index (χ1n) is 13.6. The van der Waals surface area contributed by atoms with E-state index in [1.165, 1.54) is 18.3 Å². The number of rotatable bonds is 5. The number of anilines is 1. The molecule has 48 heavy (non-hydrogen) atoms. The number of hydrogen-bond donors (Lipinski definition) is 1. The molecule has 244 valence electrons. The predicted molar refractivity (Wildman–Crippen MR) is 170 cm³/mol. The summed E-state index contributed by atoms with van der Waals surface area (Å²) < 4.78 is 90.6. The molecule has 1 aromatic carbocycles. The van der Waals surface area contributed by atoms with Crippen LogP contribution in [0.3, 0.4) is 0 Å². The Morgan fingerprint density at radius 3 is 1.71 bits per heavy atom. The van der Waals surface area contributed by atoms with Gasteiger partial charge in [0.15, 0.2) is 11.6 Å². The molecule has 7 nitrogen and oxygen atoms in total. The number of pyridine rings is 2. The number of aromatic nitrogens is 6. The highest BCUT2D eigenvalue weighted by Gasteiger charge is 2.34. The highest BCUT2D eigenvalue weighted by molar-refractivity contribution is 7.19. The van der Waals surface area contributed by atoms with Crippen LogP contribution in [0.25, 0.3) is 43.2 Å². The summed E-state index contributed by atoms with van der Waals surface area (Å²) in [5.41, 5.74) is 1.96. The van der Waals surface area contributed by atoms with Crippen molar-refractivity contribution in [2.45, 2.75) is 18.9 Å². The third-order valence-electron chi connectivity index (χ3n) is 6.51. The summed E-state index contributed by atoms with van der Waals surface area (Å²) in [5.74, 6) is 0.448. The van der Waals surface area contributed by atoms with Crippen LogP contribution in [-0.4, -0.2) is 29.9 Å². The standard InChI is InChI=1S/C19H12F4N4S.C12H5ClF3N3S/c20-13-5-3-11(4-6-13)9-25-17-14-8-15(19(21,22)23)28-18(14)27-16(26-17)12-2-1-7-24-10-12;13-9-7-4-8(12(14,15)16)20-11(7)19-10(18-9)6-2-1-3-17-5-6/h1-8,10H,9H2,(H,25,26,27);1-5H. The van der Waals surface area contributed by atoms with Crippen LogP contribution >= 0.6 is 34.3 Å². The summed E-state index contributed by atoms with van der Waals surface area (Å²) >= 11 is 7.05. The van der Waals surface area contributed by atoms with Crippen molar-refractivity contribution in [1.82, 2.24) is 29.9 Å². The molecule has 0 fully saturated rings. The Labute approximate surface area is 279 Å². The minimum atomic E-state index is -4.46. The van der Waals surface area contributed by atoms with Gasteiger partial charge in [0.1, 0.15) is 36.2 Å². The largest absolute Gasteiger partial charge is 0.425 e. The van der Waals surface area contributed by atoms with Crippen LogP contribution in [0.2, 0.25) is 5.15 Å². The van der Waals surface area contributed by atoms with Crippen LogP contribution in [0.4, 0.5) is 36.6 Å². The third kappa shape index (κ3) is 7.50. The number of halogens is 8. The average Bonchev–Trinajstić information content (AvgIpc) is 3.72. The molecule has 7 rings (SSSR count). The normalized spacial score (nSPS) is 11.8. The Bertz CT molecular complexity index is 2190. The lowest BCUT2D eigenvalue weighted by Gasteiger charge is -2.09. The van der Waals surface area contributed by atoms with E-state index in [0.717, 1.165) is 17.7 Å². The molecule has 0 bridgehead atoms. The molecule has 17 heteroatoms. The number of nitrogens with zero attached hydrogens (tertiary/aromatic N) is 6. The Morgan fingerprint density at radius 2 is 1.19 bits per heavy atom. The van der Waals surface area contributed by atoms with Gasteiger partial charge in [0.2, 0.25) is 0 Å². The maximum Gasteiger partial charge on any atom is 0.425 e. The SMILES string of the molecule is FC(F)(F)c1cc2c(Cl)nc(-c3cccnc3)nc2s1.Fc1ccc(CNc2nc(-c3cccnc3)nc3sc(C(F)(F)F)cc23)cc1. The zero-order valence-corrected chi connectivity index (χ0v) is 26.2. The van der Waals surface area contributed by atoms with Crippen molar-refractivity contribution in [3.8, 4) is 22.8 Å². The van der Waals surface area contributed by atoms with Gasteiger partial charge in [-0.2, -0.15) is 26.3 Å². The van der Waals surface area contributed by atoms with Gasteiger partial charge in [-0.15, -0.1) is 22.7 Å². The topological polar surface area (TPSA) is 89.4 Å². The van der Waals surface area contributed by atoms with E-state index in [0.29, 0.717) is 33.8 Å². The van der Waals surface area contributed by atoms with Crippen molar-refractivity contribution in [2.75, 3.05) is 5.32 Å². The highest BCUT2D eigenvalue weighted by atomic mass is 35.5. The van der Waals surface area contributed by atoms with Gasteiger partial charge in [0.05, 0.1) is 5.39 Å². The number of fused-ring (bicyclic) bond motifs is 2. The second kappa shape index (κ2) is 13.4. The Balaban J connectivity index is 0.000000177. The number of thiophene rings is 2. The first-order chi connectivity index (χ1) is 22.8. The molecule has 0 unspecified atom stereocenters. The van der Waals surface area contributed by atoms with Crippen molar-refractivity contribution >= 4 is 60.5 Å². The Kier molecular flexibility index (Phi) is 9.22. The molecule has 0 atom stereocenters. The second-order valence-electron chi connectivity index (χ2n) is 9.85. The molecule has 6 heterocycles.